The lowest BCUT2D eigenvalue weighted by Gasteiger charge is -2.15. The molecule has 0 aliphatic rings. The number of rotatable bonds is 10. The Labute approximate surface area is 272 Å². The molecule has 232 valence electrons. The number of hydrogen-bond donors (Lipinski definition) is 1. The number of halogens is 1. The lowest BCUT2D eigenvalue weighted by atomic mass is 10.2. The first kappa shape index (κ1) is 30.6. The number of nitrogens with one attached hydrogen (secondary N) is 1. The summed E-state index contributed by atoms with van der Waals surface area (Å²) in [5.74, 6) is 1.65. The van der Waals surface area contributed by atoms with Gasteiger partial charge in [0.15, 0.2) is 23.9 Å². The minimum Gasteiger partial charge on any atom is -0.496 e. The molecular weight excluding hydrogens is 652 g/mol. The third kappa shape index (κ3) is 6.36. The molecule has 10 nitrogen and oxygen atoms in total. The Kier molecular flexibility index (Phi) is 8.84. The maximum absolute atomic E-state index is 13.7. The molecule has 0 spiro atoms. The number of hydrogen-bond acceptors (Lipinski definition) is 8. The normalized spacial score (nSPS) is 11.3. The van der Waals surface area contributed by atoms with Crippen molar-refractivity contribution in [3.8, 4) is 28.8 Å². The van der Waals surface area contributed by atoms with Gasteiger partial charge in [0.25, 0.3) is 11.5 Å². The molecular formula is C35H29BrN4O6. The third-order valence-electron chi connectivity index (χ3n) is 7.05. The molecule has 0 saturated heterocycles. The van der Waals surface area contributed by atoms with Crippen molar-refractivity contribution >= 4 is 55.6 Å². The van der Waals surface area contributed by atoms with Gasteiger partial charge in [-0.2, -0.15) is 9.78 Å². The third-order valence-corrected chi connectivity index (χ3v) is 7.64. The van der Waals surface area contributed by atoms with Crippen LogP contribution in [0.3, 0.4) is 0 Å². The van der Waals surface area contributed by atoms with Crippen LogP contribution in [-0.2, 0) is 4.79 Å². The second kappa shape index (κ2) is 13.3. The van der Waals surface area contributed by atoms with E-state index in [-0.39, 0.29) is 23.9 Å². The quantitative estimate of drug-likeness (QED) is 0.152. The number of anilines is 1. The highest BCUT2D eigenvalue weighted by molar-refractivity contribution is 9.10. The van der Waals surface area contributed by atoms with Crippen LogP contribution in [-0.4, -0.2) is 42.1 Å². The second-order valence-corrected chi connectivity index (χ2v) is 11.1. The number of nitrogens with zero attached hydrogens (tertiary/aromatic N) is 3. The summed E-state index contributed by atoms with van der Waals surface area (Å²) in [5, 5.41) is 8.52. The van der Waals surface area contributed by atoms with E-state index in [9.17, 15) is 9.59 Å². The molecule has 0 fully saturated rings. The Hall–Kier alpha value is -5.42. The number of carbonyl (C=O) groups excluding carboxylic acids is 1. The first-order valence-corrected chi connectivity index (χ1v) is 15.2. The predicted octanol–water partition coefficient (Wildman–Crippen LogP) is 7.19. The maximum atomic E-state index is 13.7. The summed E-state index contributed by atoms with van der Waals surface area (Å²) in [4.78, 5) is 31.0. The van der Waals surface area contributed by atoms with Gasteiger partial charge in [0.2, 0.25) is 5.82 Å². The summed E-state index contributed by atoms with van der Waals surface area (Å²) in [6, 6.07) is 25.3. The van der Waals surface area contributed by atoms with Gasteiger partial charge in [0, 0.05) is 5.69 Å². The van der Waals surface area contributed by atoms with E-state index in [1.165, 1.54) is 10.9 Å². The summed E-state index contributed by atoms with van der Waals surface area (Å²) < 4.78 is 25.1. The molecule has 0 atom stereocenters. The second-order valence-electron chi connectivity index (χ2n) is 10.3. The van der Waals surface area contributed by atoms with E-state index in [1.54, 1.807) is 43.5 Å². The van der Waals surface area contributed by atoms with Crippen molar-refractivity contribution in [2.45, 2.75) is 13.8 Å². The molecule has 0 aliphatic heterocycles. The molecule has 6 aromatic rings. The minimum absolute atomic E-state index is 0.224. The number of ether oxygens (including phenoxy) is 3. The van der Waals surface area contributed by atoms with E-state index in [4.69, 9.17) is 23.6 Å². The molecule has 0 bridgehead atoms. The Morgan fingerprint density at radius 1 is 1.00 bits per heavy atom. The van der Waals surface area contributed by atoms with Crippen molar-refractivity contribution in [2.75, 3.05) is 25.6 Å². The van der Waals surface area contributed by atoms with Gasteiger partial charge < -0.3 is 23.9 Å². The highest BCUT2D eigenvalue weighted by atomic mass is 79.9. The van der Waals surface area contributed by atoms with Crippen molar-refractivity contribution in [3.63, 3.8) is 0 Å². The van der Waals surface area contributed by atoms with Crippen LogP contribution in [0.4, 0.5) is 5.69 Å². The van der Waals surface area contributed by atoms with Crippen molar-refractivity contribution < 1.29 is 23.4 Å². The van der Waals surface area contributed by atoms with Gasteiger partial charge in [-0.25, -0.2) is 4.98 Å². The average molecular weight is 682 g/mol. The summed E-state index contributed by atoms with van der Waals surface area (Å²) in [7, 11) is 1.58. The van der Waals surface area contributed by atoms with Crippen LogP contribution in [0, 0.1) is 6.92 Å². The number of aryl methyl sites for hydroxylation is 1. The molecule has 0 radical (unpaired) electrons. The number of amides is 1. The standard InChI is InChI=1S/C35H29BrN4O6/c1-4-44-30-17-22(16-26(36)33(30)45-20-32(41)38-23-14-12-21(2)13-15-23)19-37-40-34(39-27-9-6-5-8-24(27)35(40)42)31-18-25-28(43-3)10-7-11-29(25)46-31/h5-19H,4,20H2,1-3H3,(H,38,41). The van der Waals surface area contributed by atoms with Gasteiger partial charge in [0.05, 0.1) is 40.7 Å². The van der Waals surface area contributed by atoms with Crippen LogP contribution in [0.25, 0.3) is 33.5 Å². The zero-order valence-corrected chi connectivity index (χ0v) is 26.8. The fourth-order valence-corrected chi connectivity index (χ4v) is 5.45. The van der Waals surface area contributed by atoms with E-state index in [0.29, 0.717) is 61.8 Å². The highest BCUT2D eigenvalue weighted by Crippen LogP contribution is 2.37. The maximum Gasteiger partial charge on any atom is 0.282 e. The van der Waals surface area contributed by atoms with E-state index >= 15 is 0 Å². The highest BCUT2D eigenvalue weighted by Gasteiger charge is 2.19. The van der Waals surface area contributed by atoms with Crippen molar-refractivity contribution in [1.29, 1.82) is 0 Å². The molecule has 6 rings (SSSR count). The van der Waals surface area contributed by atoms with Gasteiger partial charge >= 0.3 is 0 Å². The summed E-state index contributed by atoms with van der Waals surface area (Å²) in [6.45, 7) is 3.94. The number of para-hydroxylation sites is 1. The van der Waals surface area contributed by atoms with Gasteiger partial charge in [-0.15, -0.1) is 0 Å². The first-order chi connectivity index (χ1) is 22.3. The fraction of sp³-hybridized carbons (Fsp3) is 0.143. The smallest absolute Gasteiger partial charge is 0.282 e. The largest absolute Gasteiger partial charge is 0.496 e. The number of methoxy groups -OCH3 is 1. The monoisotopic (exact) mass is 680 g/mol. The Morgan fingerprint density at radius 3 is 2.59 bits per heavy atom. The Balaban J connectivity index is 1.34. The SMILES string of the molecule is CCOc1cc(C=Nn2c(-c3cc4c(OC)cccc4o3)nc3ccccc3c2=O)cc(Br)c1OCC(=O)Nc1ccc(C)cc1. The Bertz CT molecular complexity index is 2150. The lowest BCUT2D eigenvalue weighted by molar-refractivity contribution is -0.118. The van der Waals surface area contributed by atoms with Gasteiger partial charge in [-0.05, 0) is 89.9 Å². The van der Waals surface area contributed by atoms with Crippen LogP contribution in [0.5, 0.6) is 17.2 Å². The topological polar surface area (TPSA) is 117 Å². The Morgan fingerprint density at radius 2 is 1.80 bits per heavy atom. The number of furan rings is 1. The molecule has 11 heteroatoms. The minimum atomic E-state index is -0.368. The summed E-state index contributed by atoms with van der Waals surface area (Å²) >= 11 is 3.54. The van der Waals surface area contributed by atoms with Gasteiger partial charge in [0.1, 0.15) is 11.3 Å². The van der Waals surface area contributed by atoms with E-state index in [0.717, 1.165) is 10.9 Å². The van der Waals surface area contributed by atoms with Crippen molar-refractivity contribution in [2.24, 2.45) is 5.10 Å². The van der Waals surface area contributed by atoms with E-state index in [2.05, 4.69) is 26.3 Å². The van der Waals surface area contributed by atoms with Crippen LogP contribution >= 0.6 is 15.9 Å². The molecule has 46 heavy (non-hydrogen) atoms. The molecule has 2 aromatic heterocycles. The zero-order chi connectivity index (χ0) is 32.2. The fourth-order valence-electron chi connectivity index (χ4n) is 4.87. The first-order valence-electron chi connectivity index (χ1n) is 14.4. The van der Waals surface area contributed by atoms with Crippen LogP contribution < -0.4 is 25.1 Å². The molecule has 1 amide bonds. The van der Waals surface area contributed by atoms with E-state index in [1.807, 2.05) is 62.4 Å². The molecule has 0 aliphatic carbocycles. The van der Waals surface area contributed by atoms with Crippen LogP contribution in [0.15, 0.2) is 104 Å². The average Bonchev–Trinajstić information content (AvgIpc) is 3.50. The zero-order valence-electron chi connectivity index (χ0n) is 25.2. The number of aromatic nitrogens is 2. The van der Waals surface area contributed by atoms with Gasteiger partial charge in [-0.3, -0.25) is 9.59 Å². The number of carbonyl (C=O) groups is 1. The molecule has 0 unspecified atom stereocenters. The van der Waals surface area contributed by atoms with Crippen LogP contribution in [0.2, 0.25) is 0 Å². The molecule has 1 N–H and O–H groups in total. The van der Waals surface area contributed by atoms with Crippen molar-refractivity contribution in [1.82, 2.24) is 9.66 Å². The van der Waals surface area contributed by atoms with Crippen molar-refractivity contribution in [3.05, 3.63) is 111 Å². The van der Waals surface area contributed by atoms with Gasteiger partial charge in [-0.1, -0.05) is 35.9 Å². The molecule has 4 aromatic carbocycles. The number of fused-ring (bicyclic) bond motifs is 2. The number of benzene rings is 4. The summed E-state index contributed by atoms with van der Waals surface area (Å²) in [6.07, 6.45) is 1.52. The lowest BCUT2D eigenvalue weighted by Crippen LogP contribution is -2.20. The molecule has 2 heterocycles. The summed E-state index contributed by atoms with van der Waals surface area (Å²) in [5.41, 5.74) is 3.10. The van der Waals surface area contributed by atoms with Crippen LogP contribution in [0.1, 0.15) is 18.1 Å². The predicted molar refractivity (Wildman–Crippen MR) is 181 cm³/mol. The van der Waals surface area contributed by atoms with E-state index < -0.39 is 0 Å². The molecule has 0 saturated carbocycles.